The lowest BCUT2D eigenvalue weighted by Gasteiger charge is -2.10. The third-order valence-corrected chi connectivity index (χ3v) is 5.08. The Bertz CT molecular complexity index is 995. The minimum absolute atomic E-state index is 0.0652. The molecule has 6 heteroatoms. The molecular formula is C23H23FN4O. The minimum atomic E-state index is -0.277. The minimum Gasteiger partial charge on any atom is -0.354 e. The summed E-state index contributed by atoms with van der Waals surface area (Å²) in [5, 5.41) is 7.68. The molecule has 0 saturated carbocycles. The van der Waals surface area contributed by atoms with Gasteiger partial charge in [-0.15, -0.1) is 0 Å². The zero-order valence-electron chi connectivity index (χ0n) is 16.1. The van der Waals surface area contributed by atoms with Crippen molar-refractivity contribution in [3.05, 3.63) is 72.8 Å². The van der Waals surface area contributed by atoms with Gasteiger partial charge in [0.15, 0.2) is 0 Å². The van der Waals surface area contributed by atoms with Gasteiger partial charge in [-0.2, -0.15) is 5.10 Å². The SMILES string of the molecule is O=C(C[C@@H]1C=CCC1)NCCn1nc(-c2ccc(F)cc2)cc1-c1cccnc1. The van der Waals surface area contributed by atoms with E-state index in [0.717, 1.165) is 35.4 Å². The quantitative estimate of drug-likeness (QED) is 0.615. The highest BCUT2D eigenvalue weighted by Gasteiger charge is 2.15. The average Bonchev–Trinajstić information content (AvgIpc) is 3.39. The molecule has 29 heavy (non-hydrogen) atoms. The summed E-state index contributed by atoms with van der Waals surface area (Å²) in [5.74, 6) is 0.145. The number of allylic oxidation sites excluding steroid dienone is 2. The molecule has 0 saturated heterocycles. The molecule has 0 radical (unpaired) electrons. The number of pyridine rings is 1. The molecule has 1 aliphatic rings. The maximum atomic E-state index is 13.3. The topological polar surface area (TPSA) is 59.8 Å². The van der Waals surface area contributed by atoms with Gasteiger partial charge < -0.3 is 5.32 Å². The van der Waals surface area contributed by atoms with E-state index in [-0.39, 0.29) is 11.7 Å². The molecule has 0 fully saturated rings. The Morgan fingerprint density at radius 2 is 2.07 bits per heavy atom. The number of carbonyl (C=O) groups is 1. The van der Waals surface area contributed by atoms with Crippen LogP contribution in [0.3, 0.4) is 0 Å². The Balaban J connectivity index is 1.49. The smallest absolute Gasteiger partial charge is 0.220 e. The van der Waals surface area contributed by atoms with Gasteiger partial charge in [0, 0.05) is 36.5 Å². The highest BCUT2D eigenvalue weighted by molar-refractivity contribution is 5.76. The number of benzene rings is 1. The van der Waals surface area contributed by atoms with E-state index in [2.05, 4.69) is 22.5 Å². The van der Waals surface area contributed by atoms with Gasteiger partial charge in [0.2, 0.25) is 5.91 Å². The molecule has 5 nitrogen and oxygen atoms in total. The predicted molar refractivity (Wildman–Crippen MR) is 110 cm³/mol. The van der Waals surface area contributed by atoms with Crippen LogP contribution in [-0.2, 0) is 11.3 Å². The molecule has 1 atom stereocenters. The third-order valence-electron chi connectivity index (χ3n) is 5.08. The molecule has 148 valence electrons. The Hall–Kier alpha value is -3.28. The van der Waals surface area contributed by atoms with E-state index in [4.69, 9.17) is 5.10 Å². The van der Waals surface area contributed by atoms with Crippen LogP contribution in [0.2, 0.25) is 0 Å². The zero-order chi connectivity index (χ0) is 20.1. The first-order chi connectivity index (χ1) is 14.2. The molecule has 1 aromatic carbocycles. The fraction of sp³-hybridized carbons (Fsp3) is 0.261. The first kappa shape index (κ1) is 19.1. The van der Waals surface area contributed by atoms with Crippen molar-refractivity contribution in [2.45, 2.75) is 25.8 Å². The van der Waals surface area contributed by atoms with E-state index >= 15 is 0 Å². The van der Waals surface area contributed by atoms with Crippen molar-refractivity contribution in [2.24, 2.45) is 5.92 Å². The van der Waals surface area contributed by atoms with Gasteiger partial charge in [-0.25, -0.2) is 4.39 Å². The van der Waals surface area contributed by atoms with Crippen molar-refractivity contribution >= 4 is 5.91 Å². The van der Waals surface area contributed by atoms with Gasteiger partial charge in [-0.3, -0.25) is 14.5 Å². The van der Waals surface area contributed by atoms with Gasteiger partial charge >= 0.3 is 0 Å². The van der Waals surface area contributed by atoms with E-state index in [1.807, 2.05) is 22.9 Å². The Labute approximate surface area is 169 Å². The number of rotatable bonds is 7. The summed E-state index contributed by atoms with van der Waals surface area (Å²) in [6, 6.07) is 12.1. The highest BCUT2D eigenvalue weighted by Crippen LogP contribution is 2.26. The third kappa shape index (κ3) is 4.77. The van der Waals surface area contributed by atoms with Gasteiger partial charge in [0.1, 0.15) is 5.82 Å². The van der Waals surface area contributed by atoms with Crippen molar-refractivity contribution in [1.29, 1.82) is 0 Å². The first-order valence-corrected chi connectivity index (χ1v) is 9.86. The second-order valence-electron chi connectivity index (χ2n) is 7.21. The van der Waals surface area contributed by atoms with Crippen molar-refractivity contribution in [3.8, 4) is 22.5 Å². The van der Waals surface area contributed by atoms with E-state index in [1.165, 1.54) is 12.1 Å². The molecule has 1 aliphatic carbocycles. The number of hydrogen-bond donors (Lipinski definition) is 1. The number of nitrogens with zero attached hydrogens (tertiary/aromatic N) is 3. The molecule has 0 spiro atoms. The number of nitrogens with one attached hydrogen (secondary N) is 1. The van der Waals surface area contributed by atoms with Crippen LogP contribution < -0.4 is 5.32 Å². The van der Waals surface area contributed by atoms with Crippen LogP contribution in [-0.4, -0.2) is 27.2 Å². The Morgan fingerprint density at radius 1 is 1.21 bits per heavy atom. The van der Waals surface area contributed by atoms with Crippen LogP contribution >= 0.6 is 0 Å². The van der Waals surface area contributed by atoms with Crippen molar-refractivity contribution in [3.63, 3.8) is 0 Å². The lowest BCUT2D eigenvalue weighted by molar-refractivity contribution is -0.121. The lowest BCUT2D eigenvalue weighted by Crippen LogP contribution is -2.28. The summed E-state index contributed by atoms with van der Waals surface area (Å²) < 4.78 is 15.1. The normalized spacial score (nSPS) is 15.6. The summed E-state index contributed by atoms with van der Waals surface area (Å²) in [7, 11) is 0. The van der Waals surface area contributed by atoms with Crippen LogP contribution in [0.25, 0.3) is 22.5 Å². The summed E-state index contributed by atoms with van der Waals surface area (Å²) in [6.07, 6.45) is 10.4. The van der Waals surface area contributed by atoms with Gasteiger partial charge in [0.25, 0.3) is 0 Å². The van der Waals surface area contributed by atoms with E-state index in [9.17, 15) is 9.18 Å². The number of carbonyl (C=O) groups excluding carboxylic acids is 1. The zero-order valence-corrected chi connectivity index (χ0v) is 16.1. The maximum Gasteiger partial charge on any atom is 0.220 e. The summed E-state index contributed by atoms with van der Waals surface area (Å²) in [5.41, 5.74) is 3.44. The van der Waals surface area contributed by atoms with Crippen LogP contribution in [0.5, 0.6) is 0 Å². The summed E-state index contributed by atoms with van der Waals surface area (Å²) >= 11 is 0. The number of halogens is 1. The highest BCUT2D eigenvalue weighted by atomic mass is 19.1. The Morgan fingerprint density at radius 3 is 2.79 bits per heavy atom. The molecule has 1 amide bonds. The molecule has 1 N–H and O–H groups in total. The standard InChI is InChI=1S/C23H23FN4O/c24-20-9-7-18(8-10-20)21-15-22(19-6-3-11-25-16-19)28(27-21)13-12-26-23(29)14-17-4-1-2-5-17/h1,3-4,6-11,15-17H,2,5,12-14H2,(H,26,29)/t17-/m1/s1. The van der Waals surface area contributed by atoms with Crippen LogP contribution in [0, 0.1) is 11.7 Å². The Kier molecular flexibility index (Phi) is 5.79. The largest absolute Gasteiger partial charge is 0.354 e. The second kappa shape index (κ2) is 8.82. The van der Waals surface area contributed by atoms with Gasteiger partial charge in [-0.1, -0.05) is 12.2 Å². The predicted octanol–water partition coefficient (Wildman–Crippen LogP) is 4.22. The van der Waals surface area contributed by atoms with Crippen LogP contribution in [0.15, 0.2) is 67.0 Å². The number of hydrogen-bond acceptors (Lipinski definition) is 3. The van der Waals surface area contributed by atoms with Crippen molar-refractivity contribution < 1.29 is 9.18 Å². The maximum absolute atomic E-state index is 13.3. The fourth-order valence-corrected chi connectivity index (χ4v) is 3.57. The van der Waals surface area contributed by atoms with E-state index < -0.39 is 0 Å². The molecule has 4 rings (SSSR count). The molecule has 2 aromatic heterocycles. The molecule has 0 unspecified atom stereocenters. The summed E-state index contributed by atoms with van der Waals surface area (Å²) in [4.78, 5) is 16.4. The summed E-state index contributed by atoms with van der Waals surface area (Å²) in [6.45, 7) is 1.03. The van der Waals surface area contributed by atoms with Crippen LogP contribution in [0.1, 0.15) is 19.3 Å². The average molecular weight is 390 g/mol. The fourth-order valence-electron chi connectivity index (χ4n) is 3.57. The number of amides is 1. The molecule has 2 heterocycles. The molecule has 3 aromatic rings. The van der Waals surface area contributed by atoms with Crippen molar-refractivity contribution in [1.82, 2.24) is 20.1 Å². The molecule has 0 bridgehead atoms. The second-order valence-corrected chi connectivity index (χ2v) is 7.21. The van der Waals surface area contributed by atoms with Gasteiger partial charge in [0.05, 0.1) is 17.9 Å². The van der Waals surface area contributed by atoms with Crippen molar-refractivity contribution in [2.75, 3.05) is 6.54 Å². The molecular weight excluding hydrogens is 367 g/mol. The number of aromatic nitrogens is 3. The lowest BCUT2D eigenvalue weighted by atomic mass is 10.1. The monoisotopic (exact) mass is 390 g/mol. The van der Waals surface area contributed by atoms with E-state index in [0.29, 0.717) is 25.4 Å². The molecule has 0 aliphatic heterocycles. The first-order valence-electron chi connectivity index (χ1n) is 9.86. The van der Waals surface area contributed by atoms with Gasteiger partial charge in [-0.05, 0) is 61.2 Å². The van der Waals surface area contributed by atoms with E-state index in [1.54, 1.807) is 24.5 Å². The van der Waals surface area contributed by atoms with Crippen LogP contribution in [0.4, 0.5) is 4.39 Å².